The number of nitrogens with zero attached hydrogens (tertiary/aromatic N) is 2. The molecule has 20 heavy (non-hydrogen) atoms. The van der Waals surface area contributed by atoms with Gasteiger partial charge in [0.05, 0.1) is 7.11 Å². The first-order chi connectivity index (χ1) is 9.79. The number of anilines is 1. The Bertz CT molecular complexity index is 624. The largest absolute Gasteiger partial charge is 0.468 e. The number of benzene rings is 1. The number of nitrogens with one attached hydrogen (secondary N) is 1. The molecule has 5 nitrogen and oxygen atoms in total. The minimum atomic E-state index is -0.297. The van der Waals surface area contributed by atoms with Gasteiger partial charge in [-0.05, 0) is 11.5 Å². The molecule has 104 valence electrons. The maximum absolute atomic E-state index is 11.7. The number of methoxy groups -OCH3 is 1. The van der Waals surface area contributed by atoms with Crippen molar-refractivity contribution >= 4 is 22.6 Å². The SMILES string of the molecule is COC(=O)C1CN(c2nccc3ccccc23)CCN1. The molecule has 2 heterocycles. The molecule has 0 spiro atoms. The number of rotatable bonds is 2. The minimum absolute atomic E-state index is 0.227. The number of piperazine rings is 1. The second-order valence-corrected chi connectivity index (χ2v) is 4.83. The van der Waals surface area contributed by atoms with Crippen LogP contribution in [0.5, 0.6) is 0 Å². The van der Waals surface area contributed by atoms with Gasteiger partial charge in [-0.1, -0.05) is 24.3 Å². The number of hydrogen-bond donors (Lipinski definition) is 1. The monoisotopic (exact) mass is 271 g/mol. The van der Waals surface area contributed by atoms with Gasteiger partial charge < -0.3 is 15.0 Å². The standard InChI is InChI=1S/C15H17N3O2/c1-20-15(19)13-10-18(9-8-16-13)14-12-5-3-2-4-11(12)6-7-17-14/h2-7,13,16H,8-10H2,1H3. The van der Waals surface area contributed by atoms with Gasteiger partial charge in [-0.25, -0.2) is 4.98 Å². The molecule has 1 aromatic carbocycles. The summed E-state index contributed by atoms with van der Waals surface area (Å²) < 4.78 is 4.81. The predicted octanol–water partition coefficient (Wildman–Crippen LogP) is 1.19. The number of pyridine rings is 1. The highest BCUT2D eigenvalue weighted by Crippen LogP contribution is 2.24. The van der Waals surface area contributed by atoms with E-state index in [-0.39, 0.29) is 12.0 Å². The summed E-state index contributed by atoms with van der Waals surface area (Å²) in [7, 11) is 1.42. The van der Waals surface area contributed by atoms with Crippen molar-refractivity contribution < 1.29 is 9.53 Å². The summed E-state index contributed by atoms with van der Waals surface area (Å²) in [6, 6.07) is 9.86. The molecule has 0 bridgehead atoms. The number of carbonyl (C=O) groups excluding carboxylic acids is 1. The molecule has 1 fully saturated rings. The van der Waals surface area contributed by atoms with E-state index in [9.17, 15) is 4.79 Å². The van der Waals surface area contributed by atoms with Gasteiger partial charge in [-0.3, -0.25) is 4.79 Å². The van der Waals surface area contributed by atoms with E-state index in [1.807, 2.05) is 24.4 Å². The van der Waals surface area contributed by atoms with Gasteiger partial charge in [0.15, 0.2) is 0 Å². The molecule has 1 saturated heterocycles. The van der Waals surface area contributed by atoms with Gasteiger partial charge in [-0.2, -0.15) is 0 Å². The van der Waals surface area contributed by atoms with Crippen molar-refractivity contribution in [2.24, 2.45) is 0 Å². The Labute approximate surface area is 117 Å². The number of fused-ring (bicyclic) bond motifs is 1. The fraction of sp³-hybridized carbons (Fsp3) is 0.333. The number of ether oxygens (including phenoxy) is 1. The second-order valence-electron chi connectivity index (χ2n) is 4.83. The molecule has 1 atom stereocenters. The fourth-order valence-corrected chi connectivity index (χ4v) is 2.60. The van der Waals surface area contributed by atoms with Crippen molar-refractivity contribution in [3.05, 3.63) is 36.5 Å². The maximum Gasteiger partial charge on any atom is 0.324 e. The summed E-state index contributed by atoms with van der Waals surface area (Å²) in [6.45, 7) is 2.15. The van der Waals surface area contributed by atoms with Crippen LogP contribution in [0.25, 0.3) is 10.8 Å². The van der Waals surface area contributed by atoms with E-state index in [4.69, 9.17) is 4.74 Å². The lowest BCUT2D eigenvalue weighted by Crippen LogP contribution is -2.54. The van der Waals surface area contributed by atoms with E-state index in [1.165, 1.54) is 7.11 Å². The quantitative estimate of drug-likeness (QED) is 0.831. The first-order valence-electron chi connectivity index (χ1n) is 6.69. The van der Waals surface area contributed by atoms with Gasteiger partial charge in [0.25, 0.3) is 0 Å². The number of esters is 1. The van der Waals surface area contributed by atoms with Crippen molar-refractivity contribution in [2.45, 2.75) is 6.04 Å². The van der Waals surface area contributed by atoms with Crippen molar-refractivity contribution in [1.29, 1.82) is 0 Å². The number of aromatic nitrogens is 1. The molecule has 2 aromatic rings. The fourth-order valence-electron chi connectivity index (χ4n) is 2.60. The van der Waals surface area contributed by atoms with E-state index < -0.39 is 0 Å². The van der Waals surface area contributed by atoms with E-state index in [0.29, 0.717) is 6.54 Å². The zero-order valence-corrected chi connectivity index (χ0v) is 11.4. The Balaban J connectivity index is 1.92. The lowest BCUT2D eigenvalue weighted by Gasteiger charge is -2.33. The molecule has 1 aliphatic rings. The van der Waals surface area contributed by atoms with Crippen LogP contribution in [-0.2, 0) is 9.53 Å². The van der Waals surface area contributed by atoms with Crippen LogP contribution in [0, 0.1) is 0 Å². The Morgan fingerprint density at radius 2 is 2.25 bits per heavy atom. The Morgan fingerprint density at radius 3 is 3.10 bits per heavy atom. The van der Waals surface area contributed by atoms with E-state index in [1.54, 1.807) is 0 Å². The zero-order chi connectivity index (χ0) is 13.9. The molecule has 1 aromatic heterocycles. The summed E-state index contributed by atoms with van der Waals surface area (Å²) >= 11 is 0. The molecule has 3 rings (SSSR count). The smallest absolute Gasteiger partial charge is 0.324 e. The Kier molecular flexibility index (Phi) is 3.52. The molecule has 0 aliphatic carbocycles. The van der Waals surface area contributed by atoms with Crippen LogP contribution in [0.15, 0.2) is 36.5 Å². The van der Waals surface area contributed by atoms with Gasteiger partial charge in [0, 0.05) is 31.2 Å². The second kappa shape index (κ2) is 5.46. The summed E-state index contributed by atoms with van der Waals surface area (Å²) in [5.74, 6) is 0.702. The van der Waals surface area contributed by atoms with Crippen LogP contribution in [-0.4, -0.2) is 43.7 Å². The summed E-state index contributed by atoms with van der Waals surface area (Å²) in [4.78, 5) is 18.3. The van der Waals surface area contributed by atoms with Crippen LogP contribution in [0.1, 0.15) is 0 Å². The third-order valence-electron chi connectivity index (χ3n) is 3.61. The maximum atomic E-state index is 11.7. The lowest BCUT2D eigenvalue weighted by molar-refractivity contribution is -0.143. The van der Waals surface area contributed by atoms with Crippen molar-refractivity contribution in [3.63, 3.8) is 0 Å². The topological polar surface area (TPSA) is 54.5 Å². The molecule has 1 aliphatic heterocycles. The normalized spacial score (nSPS) is 19.1. The first-order valence-corrected chi connectivity index (χ1v) is 6.69. The van der Waals surface area contributed by atoms with Gasteiger partial charge in [0.1, 0.15) is 11.9 Å². The van der Waals surface area contributed by atoms with Crippen LogP contribution in [0.2, 0.25) is 0 Å². The molecule has 0 saturated carbocycles. The van der Waals surface area contributed by atoms with Crippen molar-refractivity contribution in [1.82, 2.24) is 10.3 Å². The number of carbonyl (C=O) groups is 1. The third kappa shape index (κ3) is 2.32. The van der Waals surface area contributed by atoms with Crippen LogP contribution < -0.4 is 10.2 Å². The minimum Gasteiger partial charge on any atom is -0.468 e. The van der Waals surface area contributed by atoms with Crippen molar-refractivity contribution in [2.75, 3.05) is 31.6 Å². The van der Waals surface area contributed by atoms with E-state index >= 15 is 0 Å². The predicted molar refractivity (Wildman–Crippen MR) is 77.8 cm³/mol. The highest BCUT2D eigenvalue weighted by atomic mass is 16.5. The van der Waals surface area contributed by atoms with Crippen LogP contribution in [0.3, 0.4) is 0 Å². The van der Waals surface area contributed by atoms with Gasteiger partial charge >= 0.3 is 5.97 Å². The summed E-state index contributed by atoms with van der Waals surface area (Å²) in [6.07, 6.45) is 1.81. The van der Waals surface area contributed by atoms with Gasteiger partial charge in [-0.15, -0.1) is 0 Å². The average Bonchev–Trinajstić information content (AvgIpc) is 2.53. The Morgan fingerprint density at radius 1 is 1.40 bits per heavy atom. The van der Waals surface area contributed by atoms with Crippen LogP contribution in [0.4, 0.5) is 5.82 Å². The van der Waals surface area contributed by atoms with Gasteiger partial charge in [0.2, 0.25) is 0 Å². The molecule has 0 amide bonds. The zero-order valence-electron chi connectivity index (χ0n) is 11.4. The molecule has 1 N–H and O–H groups in total. The van der Waals surface area contributed by atoms with Crippen LogP contribution >= 0.6 is 0 Å². The summed E-state index contributed by atoms with van der Waals surface area (Å²) in [5, 5.41) is 5.44. The third-order valence-corrected chi connectivity index (χ3v) is 3.61. The highest BCUT2D eigenvalue weighted by Gasteiger charge is 2.27. The molecular weight excluding hydrogens is 254 g/mol. The highest BCUT2D eigenvalue weighted by molar-refractivity contribution is 5.92. The van der Waals surface area contributed by atoms with E-state index in [2.05, 4.69) is 27.3 Å². The van der Waals surface area contributed by atoms with E-state index in [0.717, 1.165) is 29.7 Å². The molecular formula is C15H17N3O2. The molecule has 5 heteroatoms. The first kappa shape index (κ1) is 12.9. The Hall–Kier alpha value is -2.14. The number of hydrogen-bond acceptors (Lipinski definition) is 5. The summed E-state index contributed by atoms with van der Waals surface area (Å²) in [5.41, 5.74) is 0. The lowest BCUT2D eigenvalue weighted by atomic mass is 10.1. The van der Waals surface area contributed by atoms with Crippen molar-refractivity contribution in [3.8, 4) is 0 Å². The molecule has 1 unspecified atom stereocenters. The molecule has 0 radical (unpaired) electrons. The average molecular weight is 271 g/mol.